The summed E-state index contributed by atoms with van der Waals surface area (Å²) in [5, 5.41) is 2.62. The lowest BCUT2D eigenvalue weighted by Gasteiger charge is -2.19. The SMILES string of the molecule is COc1ccc(C)cc1S(=O)(=O)NCC(=O)Nc1ccc2c(c1)OCCO2. The summed E-state index contributed by atoms with van der Waals surface area (Å²) in [5.74, 6) is 0.831. The van der Waals surface area contributed by atoms with E-state index in [2.05, 4.69) is 10.0 Å². The molecule has 1 aliphatic heterocycles. The van der Waals surface area contributed by atoms with Gasteiger partial charge in [-0.15, -0.1) is 0 Å². The van der Waals surface area contributed by atoms with Gasteiger partial charge in [0.15, 0.2) is 11.5 Å². The van der Waals surface area contributed by atoms with Crippen LogP contribution in [0.15, 0.2) is 41.3 Å². The van der Waals surface area contributed by atoms with E-state index >= 15 is 0 Å². The van der Waals surface area contributed by atoms with Crippen molar-refractivity contribution in [2.24, 2.45) is 0 Å². The predicted molar refractivity (Wildman–Crippen MR) is 99.0 cm³/mol. The van der Waals surface area contributed by atoms with E-state index in [0.717, 1.165) is 5.56 Å². The number of hydrogen-bond acceptors (Lipinski definition) is 6. The van der Waals surface area contributed by atoms with E-state index in [0.29, 0.717) is 30.4 Å². The van der Waals surface area contributed by atoms with Gasteiger partial charge >= 0.3 is 0 Å². The average Bonchev–Trinajstić information content (AvgIpc) is 2.66. The molecular weight excluding hydrogens is 372 g/mol. The zero-order valence-electron chi connectivity index (χ0n) is 14.9. The van der Waals surface area contributed by atoms with Crippen LogP contribution >= 0.6 is 0 Å². The second-order valence-corrected chi connectivity index (χ2v) is 7.62. The number of carbonyl (C=O) groups excluding carboxylic acids is 1. The molecule has 0 fully saturated rings. The minimum atomic E-state index is -3.91. The standard InChI is InChI=1S/C18H20N2O6S/c1-12-3-5-15(24-2)17(9-12)27(22,23)19-11-18(21)20-13-4-6-14-16(10-13)26-8-7-25-14/h3-6,9-10,19H,7-8,11H2,1-2H3,(H,20,21). The highest BCUT2D eigenvalue weighted by Crippen LogP contribution is 2.32. The Labute approximate surface area is 157 Å². The number of carbonyl (C=O) groups is 1. The van der Waals surface area contributed by atoms with Gasteiger partial charge in [-0.25, -0.2) is 13.1 Å². The van der Waals surface area contributed by atoms with Gasteiger partial charge in [0, 0.05) is 11.8 Å². The molecule has 0 radical (unpaired) electrons. The quantitative estimate of drug-likeness (QED) is 0.776. The normalized spacial score (nSPS) is 13.1. The number of hydrogen-bond donors (Lipinski definition) is 2. The van der Waals surface area contributed by atoms with Crippen LogP contribution in [0.3, 0.4) is 0 Å². The van der Waals surface area contributed by atoms with Crippen molar-refractivity contribution in [3.05, 3.63) is 42.0 Å². The molecule has 0 saturated carbocycles. The summed E-state index contributed by atoms with van der Waals surface area (Å²) in [6.45, 7) is 2.26. The number of nitrogens with one attached hydrogen (secondary N) is 2. The molecule has 2 aromatic rings. The van der Waals surface area contributed by atoms with Crippen LogP contribution in [0.5, 0.6) is 17.2 Å². The number of methoxy groups -OCH3 is 1. The molecule has 9 heteroatoms. The average molecular weight is 392 g/mol. The predicted octanol–water partition coefficient (Wildman–Crippen LogP) is 1.69. The maximum absolute atomic E-state index is 12.5. The van der Waals surface area contributed by atoms with E-state index in [4.69, 9.17) is 14.2 Å². The molecule has 0 bridgehead atoms. The second-order valence-electron chi connectivity index (χ2n) is 5.89. The number of benzene rings is 2. The molecule has 2 N–H and O–H groups in total. The third-order valence-electron chi connectivity index (χ3n) is 3.86. The van der Waals surface area contributed by atoms with Crippen LogP contribution in [-0.2, 0) is 14.8 Å². The van der Waals surface area contributed by atoms with E-state index in [1.54, 1.807) is 37.3 Å². The maximum Gasteiger partial charge on any atom is 0.244 e. The van der Waals surface area contributed by atoms with Crippen molar-refractivity contribution in [3.8, 4) is 17.2 Å². The van der Waals surface area contributed by atoms with Crippen molar-refractivity contribution in [2.45, 2.75) is 11.8 Å². The smallest absolute Gasteiger partial charge is 0.244 e. The summed E-state index contributed by atoms with van der Waals surface area (Å²) in [6.07, 6.45) is 0. The van der Waals surface area contributed by atoms with Gasteiger partial charge in [0.2, 0.25) is 15.9 Å². The fraction of sp³-hybridized carbons (Fsp3) is 0.278. The fourth-order valence-electron chi connectivity index (χ4n) is 2.56. The van der Waals surface area contributed by atoms with Gasteiger partial charge in [-0.1, -0.05) is 6.07 Å². The van der Waals surface area contributed by atoms with Crippen molar-refractivity contribution in [2.75, 3.05) is 32.2 Å². The lowest BCUT2D eigenvalue weighted by Crippen LogP contribution is -2.33. The number of ether oxygens (including phenoxy) is 3. The molecule has 0 spiro atoms. The van der Waals surface area contributed by atoms with Crippen LogP contribution in [0.2, 0.25) is 0 Å². The first-order valence-corrected chi connectivity index (χ1v) is 9.71. The van der Waals surface area contributed by atoms with E-state index in [1.807, 2.05) is 0 Å². The fourth-order valence-corrected chi connectivity index (χ4v) is 3.79. The molecule has 0 aliphatic carbocycles. The highest BCUT2D eigenvalue weighted by atomic mass is 32.2. The number of sulfonamides is 1. The van der Waals surface area contributed by atoms with Crippen LogP contribution in [0.1, 0.15) is 5.56 Å². The van der Waals surface area contributed by atoms with E-state index in [9.17, 15) is 13.2 Å². The first-order chi connectivity index (χ1) is 12.9. The summed E-state index contributed by atoms with van der Waals surface area (Å²) in [6, 6.07) is 9.77. The Kier molecular flexibility index (Phi) is 5.52. The Hall–Kier alpha value is -2.78. The molecule has 3 rings (SSSR count). The van der Waals surface area contributed by atoms with Crippen molar-refractivity contribution < 1.29 is 27.4 Å². The minimum Gasteiger partial charge on any atom is -0.495 e. The monoisotopic (exact) mass is 392 g/mol. The van der Waals surface area contributed by atoms with Crippen LogP contribution in [-0.4, -0.2) is 41.2 Å². The molecule has 0 atom stereocenters. The lowest BCUT2D eigenvalue weighted by molar-refractivity contribution is -0.115. The molecule has 144 valence electrons. The van der Waals surface area contributed by atoms with E-state index in [1.165, 1.54) is 13.2 Å². The first kappa shape index (κ1) is 19.0. The molecule has 0 saturated heterocycles. The second kappa shape index (κ2) is 7.85. The maximum atomic E-state index is 12.5. The molecule has 2 aromatic carbocycles. The van der Waals surface area contributed by atoms with Gasteiger partial charge < -0.3 is 19.5 Å². The molecule has 8 nitrogen and oxygen atoms in total. The largest absolute Gasteiger partial charge is 0.495 e. The van der Waals surface area contributed by atoms with Crippen molar-refractivity contribution in [3.63, 3.8) is 0 Å². The highest BCUT2D eigenvalue weighted by molar-refractivity contribution is 7.89. The van der Waals surface area contributed by atoms with E-state index < -0.39 is 22.5 Å². The van der Waals surface area contributed by atoms with Crippen molar-refractivity contribution in [1.29, 1.82) is 0 Å². The number of fused-ring (bicyclic) bond motifs is 1. The molecular formula is C18H20N2O6S. The van der Waals surface area contributed by atoms with Gasteiger partial charge in [-0.2, -0.15) is 0 Å². The Bertz CT molecular complexity index is 958. The van der Waals surface area contributed by atoms with Gasteiger partial charge in [-0.3, -0.25) is 4.79 Å². The van der Waals surface area contributed by atoms with Crippen molar-refractivity contribution >= 4 is 21.6 Å². The van der Waals surface area contributed by atoms with Gasteiger partial charge in [0.25, 0.3) is 0 Å². The zero-order valence-corrected chi connectivity index (χ0v) is 15.8. The van der Waals surface area contributed by atoms with Gasteiger partial charge in [-0.05, 0) is 36.8 Å². The number of amides is 1. The Morgan fingerprint density at radius 2 is 1.85 bits per heavy atom. The highest BCUT2D eigenvalue weighted by Gasteiger charge is 2.21. The number of anilines is 1. The van der Waals surface area contributed by atoms with Crippen molar-refractivity contribution in [1.82, 2.24) is 4.72 Å². The molecule has 1 heterocycles. The molecule has 27 heavy (non-hydrogen) atoms. The Morgan fingerprint density at radius 3 is 2.59 bits per heavy atom. The lowest BCUT2D eigenvalue weighted by atomic mass is 10.2. The van der Waals surface area contributed by atoms with E-state index in [-0.39, 0.29) is 10.6 Å². The van der Waals surface area contributed by atoms with Gasteiger partial charge in [0.05, 0.1) is 13.7 Å². The van der Waals surface area contributed by atoms with Crippen LogP contribution in [0.4, 0.5) is 5.69 Å². The molecule has 1 amide bonds. The summed E-state index contributed by atoms with van der Waals surface area (Å²) in [7, 11) is -2.52. The van der Waals surface area contributed by atoms with Crippen LogP contribution in [0.25, 0.3) is 0 Å². The molecule has 0 aromatic heterocycles. The summed E-state index contributed by atoms with van der Waals surface area (Å²) >= 11 is 0. The molecule has 0 unspecified atom stereocenters. The third-order valence-corrected chi connectivity index (χ3v) is 5.28. The summed E-state index contributed by atoms with van der Waals surface area (Å²) in [4.78, 5) is 12.1. The summed E-state index contributed by atoms with van der Waals surface area (Å²) in [5.41, 5.74) is 1.24. The topological polar surface area (TPSA) is 103 Å². The third kappa shape index (κ3) is 4.50. The zero-order chi connectivity index (χ0) is 19.4. The first-order valence-electron chi connectivity index (χ1n) is 8.23. The number of aryl methyl sites for hydroxylation is 1. The summed E-state index contributed by atoms with van der Waals surface area (Å²) < 4.78 is 43.3. The minimum absolute atomic E-state index is 0.0165. The number of rotatable bonds is 6. The Morgan fingerprint density at radius 1 is 1.11 bits per heavy atom. The molecule has 1 aliphatic rings. The van der Waals surface area contributed by atoms with Gasteiger partial charge in [0.1, 0.15) is 23.9 Å². The Balaban J connectivity index is 1.66. The van der Waals surface area contributed by atoms with Crippen LogP contribution < -0.4 is 24.2 Å². The van der Waals surface area contributed by atoms with Crippen LogP contribution in [0, 0.1) is 6.92 Å².